The van der Waals surface area contributed by atoms with E-state index in [1.54, 1.807) is 48.5 Å². The van der Waals surface area contributed by atoms with Crippen molar-refractivity contribution in [3.63, 3.8) is 0 Å². The molecule has 1 heterocycles. The van der Waals surface area contributed by atoms with Crippen molar-refractivity contribution in [3.05, 3.63) is 87.4 Å². The number of carbonyl (C=O) groups excluding carboxylic acids is 4. The summed E-state index contributed by atoms with van der Waals surface area (Å²) >= 11 is 3.38. The summed E-state index contributed by atoms with van der Waals surface area (Å²) in [4.78, 5) is 52.0. The maximum atomic E-state index is 13.3. The van der Waals surface area contributed by atoms with Crippen molar-refractivity contribution < 1.29 is 28.7 Å². The minimum absolute atomic E-state index is 0.270. The van der Waals surface area contributed by atoms with Crippen molar-refractivity contribution in [1.29, 1.82) is 0 Å². The summed E-state index contributed by atoms with van der Waals surface area (Å²) in [6, 6.07) is 16.1. The lowest BCUT2D eigenvalue weighted by atomic mass is 10.1. The fraction of sp³-hybridized carbons (Fsp3) is 0.172. The molecule has 1 saturated heterocycles. The van der Waals surface area contributed by atoms with Gasteiger partial charge in [0, 0.05) is 15.7 Å². The van der Waals surface area contributed by atoms with Gasteiger partial charge in [-0.3, -0.25) is 19.7 Å². The molecule has 200 valence electrons. The number of rotatable bonds is 8. The molecule has 0 aliphatic carbocycles. The molecule has 3 aromatic rings. The SMILES string of the molecule is CCOc1ccc(N2C(=O)NC(=O)/C(=C\c3cc(Br)ccc3OCC(=O)Nc3cccc(C)c3C)C2=O)cc1. The van der Waals surface area contributed by atoms with Gasteiger partial charge in [0.1, 0.15) is 17.1 Å². The minimum Gasteiger partial charge on any atom is -0.494 e. The number of benzene rings is 3. The molecule has 39 heavy (non-hydrogen) atoms. The van der Waals surface area contributed by atoms with Crippen LogP contribution in [0.5, 0.6) is 11.5 Å². The number of hydrogen-bond acceptors (Lipinski definition) is 6. The van der Waals surface area contributed by atoms with E-state index in [1.165, 1.54) is 6.08 Å². The average molecular weight is 592 g/mol. The Balaban J connectivity index is 1.57. The normalized spacial score (nSPS) is 14.3. The Bertz CT molecular complexity index is 1480. The van der Waals surface area contributed by atoms with Crippen LogP contribution in [0, 0.1) is 13.8 Å². The molecule has 0 atom stereocenters. The summed E-state index contributed by atoms with van der Waals surface area (Å²) in [6.45, 7) is 5.88. The van der Waals surface area contributed by atoms with E-state index in [-0.39, 0.29) is 29.5 Å². The molecule has 3 aromatic carbocycles. The molecular weight excluding hydrogens is 566 g/mol. The molecule has 1 fully saturated rings. The molecule has 0 radical (unpaired) electrons. The van der Waals surface area contributed by atoms with Crippen LogP contribution < -0.4 is 25.0 Å². The first-order valence-corrected chi connectivity index (χ1v) is 12.9. The van der Waals surface area contributed by atoms with E-state index >= 15 is 0 Å². The number of barbiturate groups is 1. The summed E-state index contributed by atoms with van der Waals surface area (Å²) in [5, 5.41) is 5.03. The number of nitrogens with zero attached hydrogens (tertiary/aromatic N) is 1. The molecule has 0 saturated carbocycles. The fourth-order valence-electron chi connectivity index (χ4n) is 3.89. The number of amides is 5. The highest BCUT2D eigenvalue weighted by Crippen LogP contribution is 2.29. The molecule has 0 unspecified atom stereocenters. The lowest BCUT2D eigenvalue weighted by molar-refractivity contribution is -0.122. The Morgan fingerprint density at radius 3 is 2.49 bits per heavy atom. The van der Waals surface area contributed by atoms with Gasteiger partial charge in [-0.05, 0) is 86.5 Å². The summed E-state index contributed by atoms with van der Waals surface area (Å²) < 4.78 is 11.8. The predicted molar refractivity (Wildman–Crippen MR) is 151 cm³/mol. The van der Waals surface area contributed by atoms with Gasteiger partial charge in [-0.15, -0.1) is 0 Å². The Kier molecular flexibility index (Phi) is 8.46. The first kappa shape index (κ1) is 27.6. The summed E-state index contributed by atoms with van der Waals surface area (Å²) in [5.41, 5.74) is 3.05. The van der Waals surface area contributed by atoms with Crippen LogP contribution >= 0.6 is 15.9 Å². The van der Waals surface area contributed by atoms with Crippen LogP contribution in [0.4, 0.5) is 16.2 Å². The van der Waals surface area contributed by atoms with Crippen LogP contribution in [-0.4, -0.2) is 37.0 Å². The molecule has 0 aromatic heterocycles. The van der Waals surface area contributed by atoms with Gasteiger partial charge < -0.3 is 14.8 Å². The Hall–Kier alpha value is -4.44. The first-order chi connectivity index (χ1) is 18.7. The van der Waals surface area contributed by atoms with Gasteiger partial charge in [0.05, 0.1) is 12.3 Å². The number of anilines is 2. The number of aryl methyl sites for hydroxylation is 1. The van der Waals surface area contributed by atoms with Gasteiger partial charge in [0.2, 0.25) is 0 Å². The van der Waals surface area contributed by atoms with Crippen molar-refractivity contribution in [1.82, 2.24) is 5.32 Å². The Labute approximate surface area is 233 Å². The molecular formula is C29H26BrN3O6. The molecule has 2 N–H and O–H groups in total. The van der Waals surface area contributed by atoms with Gasteiger partial charge in [0.15, 0.2) is 6.61 Å². The largest absolute Gasteiger partial charge is 0.494 e. The van der Waals surface area contributed by atoms with E-state index < -0.39 is 17.8 Å². The second-order valence-electron chi connectivity index (χ2n) is 8.65. The van der Waals surface area contributed by atoms with E-state index in [0.29, 0.717) is 28.1 Å². The highest BCUT2D eigenvalue weighted by Gasteiger charge is 2.37. The summed E-state index contributed by atoms with van der Waals surface area (Å²) in [7, 11) is 0. The fourth-order valence-corrected chi connectivity index (χ4v) is 4.26. The third-order valence-electron chi connectivity index (χ3n) is 6.02. The maximum absolute atomic E-state index is 13.3. The molecule has 0 bridgehead atoms. The van der Waals surface area contributed by atoms with Crippen LogP contribution in [0.15, 0.2) is 70.7 Å². The van der Waals surface area contributed by atoms with E-state index in [0.717, 1.165) is 16.0 Å². The third-order valence-corrected chi connectivity index (χ3v) is 6.51. The number of urea groups is 1. The quantitative estimate of drug-likeness (QED) is 0.277. The van der Waals surface area contributed by atoms with E-state index in [1.807, 2.05) is 32.9 Å². The number of ether oxygens (including phenoxy) is 2. The molecule has 9 nitrogen and oxygen atoms in total. The van der Waals surface area contributed by atoms with E-state index in [9.17, 15) is 19.2 Å². The van der Waals surface area contributed by atoms with Gasteiger partial charge >= 0.3 is 6.03 Å². The molecule has 0 spiro atoms. The number of nitrogens with one attached hydrogen (secondary N) is 2. The summed E-state index contributed by atoms with van der Waals surface area (Å²) in [5.74, 6) is -1.16. The standard InChI is InChI=1S/C29H26BrN3O6/c1-4-38-22-11-9-21(10-12-22)33-28(36)23(27(35)32-29(33)37)15-19-14-20(30)8-13-25(19)39-16-26(34)31-24-7-5-6-17(2)18(24)3/h5-15H,4,16H2,1-3H3,(H,31,34)(H,32,35,37)/b23-15+. The second-order valence-corrected chi connectivity index (χ2v) is 9.57. The number of hydrogen-bond donors (Lipinski definition) is 2. The van der Waals surface area contributed by atoms with Crippen molar-refractivity contribution in [2.45, 2.75) is 20.8 Å². The number of halogens is 1. The molecule has 10 heteroatoms. The predicted octanol–water partition coefficient (Wildman–Crippen LogP) is 5.15. The van der Waals surface area contributed by atoms with Crippen molar-refractivity contribution in [2.24, 2.45) is 0 Å². The topological polar surface area (TPSA) is 114 Å². The zero-order valence-electron chi connectivity index (χ0n) is 21.5. The number of imide groups is 2. The Morgan fingerprint density at radius 1 is 1.03 bits per heavy atom. The van der Waals surface area contributed by atoms with Gasteiger partial charge in [-0.1, -0.05) is 28.1 Å². The second kappa shape index (κ2) is 12.0. The molecule has 5 amide bonds. The third kappa shape index (κ3) is 6.35. The van der Waals surface area contributed by atoms with Crippen LogP contribution in [0.3, 0.4) is 0 Å². The summed E-state index contributed by atoms with van der Waals surface area (Å²) in [6.07, 6.45) is 1.33. The minimum atomic E-state index is -0.861. The molecule has 4 rings (SSSR count). The van der Waals surface area contributed by atoms with Crippen molar-refractivity contribution >= 4 is 57.1 Å². The first-order valence-electron chi connectivity index (χ1n) is 12.1. The van der Waals surface area contributed by atoms with Gasteiger partial charge in [0.25, 0.3) is 17.7 Å². The van der Waals surface area contributed by atoms with E-state index in [4.69, 9.17) is 9.47 Å². The molecule has 1 aliphatic rings. The zero-order valence-corrected chi connectivity index (χ0v) is 23.1. The van der Waals surface area contributed by atoms with E-state index in [2.05, 4.69) is 26.6 Å². The van der Waals surface area contributed by atoms with Crippen LogP contribution in [0.1, 0.15) is 23.6 Å². The van der Waals surface area contributed by atoms with Crippen LogP contribution in [0.25, 0.3) is 6.08 Å². The highest BCUT2D eigenvalue weighted by molar-refractivity contribution is 9.10. The van der Waals surface area contributed by atoms with Crippen molar-refractivity contribution in [2.75, 3.05) is 23.4 Å². The number of carbonyl (C=O) groups is 4. The van der Waals surface area contributed by atoms with Crippen molar-refractivity contribution in [3.8, 4) is 11.5 Å². The lowest BCUT2D eigenvalue weighted by Crippen LogP contribution is -2.54. The Morgan fingerprint density at radius 2 is 1.77 bits per heavy atom. The van der Waals surface area contributed by atoms with Gasteiger partial charge in [-0.25, -0.2) is 9.69 Å². The van der Waals surface area contributed by atoms with Gasteiger partial charge in [-0.2, -0.15) is 0 Å². The smallest absolute Gasteiger partial charge is 0.335 e. The lowest BCUT2D eigenvalue weighted by Gasteiger charge is -2.26. The molecule has 1 aliphatic heterocycles. The monoisotopic (exact) mass is 591 g/mol. The zero-order chi connectivity index (χ0) is 28.1. The maximum Gasteiger partial charge on any atom is 0.335 e. The highest BCUT2D eigenvalue weighted by atomic mass is 79.9. The van der Waals surface area contributed by atoms with Crippen LogP contribution in [0.2, 0.25) is 0 Å². The van der Waals surface area contributed by atoms with Crippen LogP contribution in [-0.2, 0) is 14.4 Å². The average Bonchev–Trinajstić information content (AvgIpc) is 2.90.